The molecule has 0 aromatic rings. The Morgan fingerprint density at radius 2 is 1.68 bits per heavy atom. The number of rotatable bonds is 10. The van der Waals surface area contributed by atoms with Gasteiger partial charge < -0.3 is 12.7 Å². The molecule has 0 aliphatic carbocycles. The molecule has 0 heterocycles. The smallest absolute Gasteiger partial charge is 1.00 e. The number of carboxylic acids is 1. The quantitative estimate of drug-likeness (QED) is 0.176. The standard InChI is InChI=1S/C12H22O7S.2Na.2H/c1-9(2)6-4-3-5-7-19-12(15)10(8-11(13)14)20(16,17)18;;;;/h9-10H,3-8H2,1-2H3,(H,13,14)(H,16,17,18);;;;/q;2*+1;2*-1. The van der Waals surface area contributed by atoms with Gasteiger partial charge in [-0.15, -0.1) is 0 Å². The monoisotopic (exact) mass is 358 g/mol. The van der Waals surface area contributed by atoms with E-state index >= 15 is 0 Å². The van der Waals surface area contributed by atoms with Gasteiger partial charge >= 0.3 is 71.1 Å². The molecule has 0 aliphatic heterocycles. The third-order valence-electron chi connectivity index (χ3n) is 2.65. The molecule has 22 heavy (non-hydrogen) atoms. The second-order valence-electron chi connectivity index (χ2n) is 5.01. The number of esters is 1. The summed E-state index contributed by atoms with van der Waals surface area (Å²) >= 11 is 0. The van der Waals surface area contributed by atoms with E-state index in [2.05, 4.69) is 13.8 Å². The van der Waals surface area contributed by atoms with E-state index in [4.69, 9.17) is 14.4 Å². The van der Waals surface area contributed by atoms with Crippen LogP contribution >= 0.6 is 0 Å². The average Bonchev–Trinajstić information content (AvgIpc) is 2.28. The molecular weight excluding hydrogens is 334 g/mol. The zero-order valence-electron chi connectivity index (χ0n) is 15.7. The Labute approximate surface area is 178 Å². The van der Waals surface area contributed by atoms with Gasteiger partial charge in [0.1, 0.15) is 0 Å². The Kier molecular flexibility index (Phi) is 17.9. The van der Waals surface area contributed by atoms with Gasteiger partial charge in [0, 0.05) is 0 Å². The van der Waals surface area contributed by atoms with E-state index in [0.29, 0.717) is 12.3 Å². The first kappa shape index (κ1) is 27.7. The summed E-state index contributed by atoms with van der Waals surface area (Å²) in [5.74, 6) is -2.13. The fourth-order valence-electron chi connectivity index (χ4n) is 1.57. The van der Waals surface area contributed by atoms with Gasteiger partial charge in [-0.05, 0) is 12.3 Å². The van der Waals surface area contributed by atoms with Crippen molar-refractivity contribution in [1.82, 2.24) is 0 Å². The first-order valence-corrected chi connectivity index (χ1v) is 7.99. The molecule has 2 N–H and O–H groups in total. The summed E-state index contributed by atoms with van der Waals surface area (Å²) in [6.07, 6.45) is 2.43. The summed E-state index contributed by atoms with van der Waals surface area (Å²) in [5.41, 5.74) is 0. The van der Waals surface area contributed by atoms with Gasteiger partial charge in [-0.25, -0.2) is 0 Å². The van der Waals surface area contributed by atoms with E-state index in [1.165, 1.54) is 0 Å². The third-order valence-corrected chi connectivity index (χ3v) is 3.73. The second-order valence-corrected chi connectivity index (χ2v) is 6.61. The maximum Gasteiger partial charge on any atom is 1.00 e. The van der Waals surface area contributed by atoms with Gasteiger partial charge in [0.15, 0.2) is 5.25 Å². The summed E-state index contributed by atoms with van der Waals surface area (Å²) < 4.78 is 35.3. The largest absolute Gasteiger partial charge is 1.00 e. The Hall–Kier alpha value is 0.850. The van der Waals surface area contributed by atoms with Crippen LogP contribution < -0.4 is 59.1 Å². The van der Waals surface area contributed by atoms with Crippen molar-refractivity contribution in [2.24, 2.45) is 5.92 Å². The van der Waals surface area contributed by atoms with E-state index in [1.54, 1.807) is 0 Å². The molecule has 0 saturated heterocycles. The van der Waals surface area contributed by atoms with E-state index in [0.717, 1.165) is 19.3 Å². The maximum atomic E-state index is 11.4. The number of ether oxygens (including phenoxy) is 1. The predicted octanol–water partition coefficient (Wildman–Crippen LogP) is -4.29. The SMILES string of the molecule is CC(C)CCCCCOC(=O)C(CC(=O)O)S(=O)(=O)O.[H-].[H-].[Na+].[Na+]. The van der Waals surface area contributed by atoms with Crippen LogP contribution in [0.5, 0.6) is 0 Å². The van der Waals surface area contributed by atoms with Gasteiger partial charge in [0.25, 0.3) is 10.1 Å². The van der Waals surface area contributed by atoms with Crippen molar-refractivity contribution < 1.29 is 94.4 Å². The van der Waals surface area contributed by atoms with E-state index < -0.39 is 33.7 Å². The molecule has 0 aliphatic rings. The molecule has 7 nitrogen and oxygen atoms in total. The molecule has 0 fully saturated rings. The van der Waals surface area contributed by atoms with Crippen molar-refractivity contribution in [2.45, 2.75) is 51.2 Å². The minimum Gasteiger partial charge on any atom is -1.00 e. The molecule has 1 unspecified atom stereocenters. The number of aliphatic carboxylic acids is 1. The van der Waals surface area contributed by atoms with Crippen LogP contribution in [0.2, 0.25) is 0 Å². The zero-order chi connectivity index (χ0) is 15.8. The molecule has 10 heteroatoms. The van der Waals surface area contributed by atoms with Crippen LogP contribution in [0.15, 0.2) is 0 Å². The number of unbranched alkanes of at least 4 members (excludes halogenated alkanes) is 2. The summed E-state index contributed by atoms with van der Waals surface area (Å²) in [6, 6.07) is 0. The Morgan fingerprint density at radius 3 is 2.09 bits per heavy atom. The fraction of sp³-hybridized carbons (Fsp3) is 0.833. The molecule has 1 atom stereocenters. The van der Waals surface area contributed by atoms with Gasteiger partial charge in [0.2, 0.25) is 0 Å². The van der Waals surface area contributed by atoms with Gasteiger partial charge in [-0.3, -0.25) is 14.1 Å². The molecule has 122 valence electrons. The topological polar surface area (TPSA) is 118 Å². The molecule has 0 aromatic carbocycles. The van der Waals surface area contributed by atoms with Crippen LogP contribution in [0, 0.1) is 5.92 Å². The summed E-state index contributed by atoms with van der Waals surface area (Å²) in [5, 5.41) is 6.45. The fourth-order valence-corrected chi connectivity index (χ4v) is 2.23. The average molecular weight is 358 g/mol. The third kappa shape index (κ3) is 14.4. The molecular formula is C12H24Na2O7S. The van der Waals surface area contributed by atoms with Crippen molar-refractivity contribution in [2.75, 3.05) is 6.61 Å². The van der Waals surface area contributed by atoms with Crippen LogP contribution in [0.3, 0.4) is 0 Å². The van der Waals surface area contributed by atoms with Crippen LogP contribution in [0.1, 0.15) is 48.8 Å². The second kappa shape index (κ2) is 14.2. The number of hydrogen-bond donors (Lipinski definition) is 2. The van der Waals surface area contributed by atoms with Gasteiger partial charge in [-0.2, -0.15) is 8.42 Å². The zero-order valence-corrected chi connectivity index (χ0v) is 18.6. The van der Waals surface area contributed by atoms with E-state index in [9.17, 15) is 18.0 Å². The summed E-state index contributed by atoms with van der Waals surface area (Å²) in [4.78, 5) is 21.9. The van der Waals surface area contributed by atoms with Crippen molar-refractivity contribution in [1.29, 1.82) is 0 Å². The maximum absolute atomic E-state index is 11.4. The van der Waals surface area contributed by atoms with Gasteiger partial charge in [0.05, 0.1) is 13.0 Å². The van der Waals surface area contributed by atoms with Crippen molar-refractivity contribution in [3.63, 3.8) is 0 Å². The molecule has 0 bridgehead atoms. The predicted molar refractivity (Wildman–Crippen MR) is 74.1 cm³/mol. The van der Waals surface area contributed by atoms with E-state index in [1.807, 2.05) is 0 Å². The van der Waals surface area contributed by atoms with Crippen LogP contribution in [0.25, 0.3) is 0 Å². The molecule has 0 radical (unpaired) electrons. The van der Waals surface area contributed by atoms with Crippen LogP contribution in [-0.4, -0.2) is 41.9 Å². The number of hydrogen-bond acceptors (Lipinski definition) is 5. The Bertz CT molecular complexity index is 433. The molecule has 0 spiro atoms. The normalized spacial score (nSPS) is 12.0. The first-order chi connectivity index (χ1) is 9.14. The molecule has 0 saturated carbocycles. The first-order valence-electron chi connectivity index (χ1n) is 6.49. The molecule has 0 aromatic heterocycles. The van der Waals surface area contributed by atoms with Crippen molar-refractivity contribution in [3.05, 3.63) is 0 Å². The number of carbonyl (C=O) groups excluding carboxylic acids is 1. The van der Waals surface area contributed by atoms with Crippen LogP contribution in [-0.2, 0) is 24.4 Å². The van der Waals surface area contributed by atoms with Crippen LogP contribution in [0.4, 0.5) is 0 Å². The van der Waals surface area contributed by atoms with Gasteiger partial charge in [-0.1, -0.05) is 33.1 Å². The number of carbonyl (C=O) groups is 2. The molecule has 0 rings (SSSR count). The van der Waals surface area contributed by atoms with Crippen molar-refractivity contribution in [3.8, 4) is 0 Å². The minimum absolute atomic E-state index is 0. The minimum atomic E-state index is -4.77. The summed E-state index contributed by atoms with van der Waals surface area (Å²) in [7, 11) is -4.77. The summed E-state index contributed by atoms with van der Waals surface area (Å²) in [6.45, 7) is 4.22. The number of carboxylic acid groups (broad SMARTS) is 1. The Morgan fingerprint density at radius 1 is 1.14 bits per heavy atom. The Balaban J connectivity index is -0.000000301. The van der Waals surface area contributed by atoms with Crippen molar-refractivity contribution >= 4 is 22.1 Å². The molecule has 0 amide bonds. The van der Waals surface area contributed by atoms with E-state index in [-0.39, 0.29) is 68.6 Å².